The number of hydrogen-bond acceptors (Lipinski definition) is 5. The largest absolute Gasteiger partial charge is 0.417 e. The highest BCUT2D eigenvalue weighted by molar-refractivity contribution is 7.21. The number of aromatic amines is 1. The maximum absolute atomic E-state index is 11.6. The van der Waals surface area contributed by atoms with Crippen LogP contribution in [-0.2, 0) is 6.42 Å². The van der Waals surface area contributed by atoms with Gasteiger partial charge in [-0.25, -0.2) is 4.79 Å². The number of benzene rings is 2. The highest BCUT2D eigenvalue weighted by Crippen LogP contribution is 2.32. The smallest absolute Gasteiger partial charge is 0.408 e. The van der Waals surface area contributed by atoms with Gasteiger partial charge in [0, 0.05) is 27.4 Å². The zero-order chi connectivity index (χ0) is 17.8. The molecule has 0 radical (unpaired) electrons. The summed E-state index contributed by atoms with van der Waals surface area (Å²) in [6.07, 6.45) is 0.669. The Morgan fingerprint density at radius 3 is 2.96 bits per heavy atom. The van der Waals surface area contributed by atoms with Crippen molar-refractivity contribution >= 4 is 55.5 Å². The minimum absolute atomic E-state index is 0.458. The van der Waals surface area contributed by atoms with Crippen molar-refractivity contribution in [3.05, 3.63) is 68.0 Å². The van der Waals surface area contributed by atoms with E-state index in [1.807, 2.05) is 37.3 Å². The lowest BCUT2D eigenvalue weighted by molar-refractivity contribution is 0.555. The van der Waals surface area contributed by atoms with E-state index in [0.29, 0.717) is 22.5 Å². The SMILES string of the molecule is CC1=NN=C(c2cc3cc(Cl)ccc3s2)c2cc3oc(=O)[nH]c3cc2C1. The van der Waals surface area contributed by atoms with Crippen LogP contribution in [0.15, 0.2) is 55.8 Å². The van der Waals surface area contributed by atoms with Gasteiger partial charge >= 0.3 is 5.76 Å². The predicted molar refractivity (Wildman–Crippen MR) is 106 cm³/mol. The third-order valence-corrected chi connectivity index (χ3v) is 5.74. The van der Waals surface area contributed by atoms with E-state index in [0.717, 1.165) is 37.5 Å². The molecule has 1 aliphatic heterocycles. The number of fused-ring (bicyclic) bond motifs is 3. The lowest BCUT2D eigenvalue weighted by Gasteiger charge is -2.07. The molecule has 5 nitrogen and oxygen atoms in total. The van der Waals surface area contributed by atoms with E-state index in [9.17, 15) is 4.79 Å². The van der Waals surface area contributed by atoms with Crippen molar-refractivity contribution in [2.24, 2.45) is 10.2 Å². The van der Waals surface area contributed by atoms with Gasteiger partial charge in [0.15, 0.2) is 5.58 Å². The highest BCUT2D eigenvalue weighted by Gasteiger charge is 2.20. The maximum Gasteiger partial charge on any atom is 0.417 e. The topological polar surface area (TPSA) is 70.7 Å². The fraction of sp³-hybridized carbons (Fsp3) is 0.105. The van der Waals surface area contributed by atoms with Gasteiger partial charge in [-0.1, -0.05) is 11.6 Å². The molecule has 0 saturated heterocycles. The molecule has 0 atom stereocenters. The predicted octanol–water partition coefficient (Wildman–Crippen LogP) is 4.76. The molecule has 0 bridgehead atoms. The first-order valence-corrected chi connectivity index (χ1v) is 9.23. The molecule has 0 unspecified atom stereocenters. The van der Waals surface area contributed by atoms with Gasteiger partial charge in [0.25, 0.3) is 0 Å². The van der Waals surface area contributed by atoms with Crippen molar-refractivity contribution in [3.63, 3.8) is 0 Å². The second-order valence-corrected chi connectivity index (χ2v) is 7.79. The zero-order valence-corrected chi connectivity index (χ0v) is 15.2. The number of hydrogen-bond donors (Lipinski definition) is 1. The molecule has 0 fully saturated rings. The Hall–Kier alpha value is -2.70. The fourth-order valence-electron chi connectivity index (χ4n) is 3.22. The average Bonchev–Trinajstić information content (AvgIpc) is 3.12. The first-order chi connectivity index (χ1) is 12.6. The van der Waals surface area contributed by atoms with Crippen LogP contribution in [0.5, 0.6) is 0 Å². The summed E-state index contributed by atoms with van der Waals surface area (Å²) in [7, 11) is 0. The number of H-pyrrole nitrogens is 1. The minimum atomic E-state index is -0.458. The van der Waals surface area contributed by atoms with Crippen LogP contribution >= 0.6 is 22.9 Å². The van der Waals surface area contributed by atoms with Crippen LogP contribution < -0.4 is 5.76 Å². The van der Waals surface area contributed by atoms with Crippen molar-refractivity contribution in [3.8, 4) is 0 Å². The van der Waals surface area contributed by atoms with Crippen LogP contribution in [0.1, 0.15) is 22.9 Å². The van der Waals surface area contributed by atoms with Gasteiger partial charge < -0.3 is 4.42 Å². The first kappa shape index (κ1) is 15.5. The lowest BCUT2D eigenvalue weighted by Crippen LogP contribution is -2.05. The second kappa shape index (κ2) is 5.65. The molecular formula is C19H12ClN3O2S. The van der Waals surface area contributed by atoms with Gasteiger partial charge in [-0.2, -0.15) is 5.10 Å². The van der Waals surface area contributed by atoms with Gasteiger partial charge in [0.05, 0.1) is 10.4 Å². The van der Waals surface area contributed by atoms with Gasteiger partial charge in [-0.05, 0) is 54.3 Å². The molecule has 2 aromatic carbocycles. The monoisotopic (exact) mass is 381 g/mol. The van der Waals surface area contributed by atoms with Gasteiger partial charge in [0.1, 0.15) is 5.71 Å². The molecule has 7 heteroatoms. The quantitative estimate of drug-likeness (QED) is 0.516. The van der Waals surface area contributed by atoms with E-state index in [2.05, 4.69) is 21.3 Å². The summed E-state index contributed by atoms with van der Waals surface area (Å²) in [5.41, 5.74) is 4.88. The molecule has 4 aromatic rings. The van der Waals surface area contributed by atoms with Crippen LogP contribution in [0.2, 0.25) is 5.02 Å². The molecule has 0 amide bonds. The molecule has 128 valence electrons. The van der Waals surface area contributed by atoms with E-state index in [1.54, 1.807) is 11.3 Å². The number of halogens is 1. The fourth-order valence-corrected chi connectivity index (χ4v) is 4.44. The van der Waals surface area contributed by atoms with E-state index >= 15 is 0 Å². The van der Waals surface area contributed by atoms with Crippen molar-refractivity contribution < 1.29 is 4.42 Å². The molecule has 1 N–H and O–H groups in total. The molecule has 0 spiro atoms. The Morgan fingerprint density at radius 1 is 1.19 bits per heavy atom. The molecular weight excluding hydrogens is 370 g/mol. The van der Waals surface area contributed by atoms with Crippen molar-refractivity contribution in [1.82, 2.24) is 4.98 Å². The third kappa shape index (κ3) is 2.50. The van der Waals surface area contributed by atoms with Gasteiger partial charge in [-0.15, -0.1) is 16.4 Å². The zero-order valence-electron chi connectivity index (χ0n) is 13.7. The Bertz CT molecular complexity index is 1310. The summed E-state index contributed by atoms with van der Waals surface area (Å²) in [6.45, 7) is 1.95. The Morgan fingerprint density at radius 2 is 2.08 bits per heavy atom. The van der Waals surface area contributed by atoms with Crippen molar-refractivity contribution in [2.45, 2.75) is 13.3 Å². The summed E-state index contributed by atoms with van der Waals surface area (Å²) >= 11 is 7.75. The number of nitrogens with zero attached hydrogens (tertiary/aromatic N) is 2. The molecule has 0 aliphatic carbocycles. The summed E-state index contributed by atoms with van der Waals surface area (Å²) in [5, 5.41) is 10.6. The highest BCUT2D eigenvalue weighted by atomic mass is 35.5. The van der Waals surface area contributed by atoms with Gasteiger partial charge in [-0.3, -0.25) is 4.98 Å². The molecule has 26 heavy (non-hydrogen) atoms. The van der Waals surface area contributed by atoms with E-state index in [-0.39, 0.29) is 0 Å². The number of oxazole rings is 1. The minimum Gasteiger partial charge on any atom is -0.408 e. The summed E-state index contributed by atoms with van der Waals surface area (Å²) < 4.78 is 6.38. The van der Waals surface area contributed by atoms with Gasteiger partial charge in [0.2, 0.25) is 0 Å². The average molecular weight is 382 g/mol. The van der Waals surface area contributed by atoms with Crippen LogP contribution in [0.4, 0.5) is 0 Å². The normalized spacial score (nSPS) is 14.2. The Kier molecular flexibility index (Phi) is 3.38. The standard InChI is InChI=1S/C19H12ClN3O2S/c1-9-4-10-6-14-15(25-19(24)21-14)8-13(10)18(23-22-9)17-7-11-5-12(20)2-3-16(11)26-17/h2-3,5-8H,4H2,1H3,(H,21,24). The third-order valence-electron chi connectivity index (χ3n) is 4.38. The Labute approximate surface area is 156 Å². The summed E-state index contributed by atoms with van der Waals surface area (Å²) in [4.78, 5) is 15.3. The van der Waals surface area contributed by atoms with Crippen molar-refractivity contribution in [2.75, 3.05) is 0 Å². The molecule has 1 aliphatic rings. The number of nitrogens with one attached hydrogen (secondary N) is 1. The van der Waals surface area contributed by atoms with Crippen LogP contribution in [0.3, 0.4) is 0 Å². The number of rotatable bonds is 1. The molecule has 0 saturated carbocycles. The molecule has 3 heterocycles. The van der Waals surface area contributed by atoms with E-state index in [1.165, 1.54) is 0 Å². The van der Waals surface area contributed by atoms with Crippen LogP contribution in [0, 0.1) is 0 Å². The lowest BCUT2D eigenvalue weighted by atomic mass is 9.97. The second-order valence-electron chi connectivity index (χ2n) is 6.27. The van der Waals surface area contributed by atoms with Crippen LogP contribution in [-0.4, -0.2) is 16.4 Å². The van der Waals surface area contributed by atoms with Crippen LogP contribution in [0.25, 0.3) is 21.2 Å². The molecule has 5 rings (SSSR count). The number of thiophene rings is 1. The van der Waals surface area contributed by atoms with E-state index in [4.69, 9.17) is 16.0 Å². The summed E-state index contributed by atoms with van der Waals surface area (Å²) in [6, 6.07) is 11.7. The first-order valence-electron chi connectivity index (χ1n) is 8.03. The Balaban J connectivity index is 1.77. The molecule has 2 aromatic heterocycles. The summed E-state index contributed by atoms with van der Waals surface area (Å²) in [5.74, 6) is -0.458. The number of aromatic nitrogens is 1. The van der Waals surface area contributed by atoms with Crippen molar-refractivity contribution in [1.29, 1.82) is 0 Å². The maximum atomic E-state index is 11.6. The van der Waals surface area contributed by atoms with E-state index < -0.39 is 5.76 Å².